The maximum atomic E-state index is 5.52. The Morgan fingerprint density at radius 3 is 2.76 bits per heavy atom. The van der Waals surface area contributed by atoms with Crippen LogP contribution in [-0.2, 0) is 6.42 Å². The molecule has 0 fully saturated rings. The molecule has 0 saturated carbocycles. The average Bonchev–Trinajstić information content (AvgIpc) is 2.90. The van der Waals surface area contributed by atoms with E-state index >= 15 is 0 Å². The highest BCUT2D eigenvalue weighted by atomic mass is 127. The molecule has 2 nitrogen and oxygen atoms in total. The van der Waals surface area contributed by atoms with Crippen molar-refractivity contribution in [2.24, 2.45) is 0 Å². The fraction of sp³-hybridized carbons (Fsp3) is 0.412. The van der Waals surface area contributed by atoms with E-state index in [-0.39, 0.29) is 0 Å². The van der Waals surface area contributed by atoms with Crippen LogP contribution in [0.15, 0.2) is 29.6 Å². The van der Waals surface area contributed by atoms with Crippen molar-refractivity contribution < 1.29 is 4.74 Å². The zero-order valence-corrected chi connectivity index (χ0v) is 15.8. The van der Waals surface area contributed by atoms with Gasteiger partial charge in [0.25, 0.3) is 0 Å². The molecule has 1 N–H and O–H groups in total. The summed E-state index contributed by atoms with van der Waals surface area (Å²) >= 11 is 4.19. The number of halogens is 1. The summed E-state index contributed by atoms with van der Waals surface area (Å²) in [5, 5.41) is 5.93. The van der Waals surface area contributed by atoms with Gasteiger partial charge in [0.15, 0.2) is 0 Å². The molecule has 0 spiro atoms. The quantitative estimate of drug-likeness (QED) is 0.646. The molecule has 2 rings (SSSR count). The maximum Gasteiger partial charge on any atom is 0.122 e. The second-order valence-electron chi connectivity index (χ2n) is 5.21. The second kappa shape index (κ2) is 8.15. The molecule has 0 aliphatic carbocycles. The van der Waals surface area contributed by atoms with Gasteiger partial charge in [0.05, 0.1) is 9.99 Å². The van der Waals surface area contributed by atoms with Crippen LogP contribution in [0.3, 0.4) is 0 Å². The van der Waals surface area contributed by atoms with Crippen LogP contribution < -0.4 is 10.1 Å². The van der Waals surface area contributed by atoms with Gasteiger partial charge in [0.1, 0.15) is 5.75 Å². The topological polar surface area (TPSA) is 21.3 Å². The number of hydrogen-bond acceptors (Lipinski definition) is 3. The van der Waals surface area contributed by atoms with E-state index in [4.69, 9.17) is 4.74 Å². The molecule has 1 heterocycles. The number of ether oxygens (including phenoxy) is 1. The van der Waals surface area contributed by atoms with E-state index in [0.717, 1.165) is 25.1 Å². The summed E-state index contributed by atoms with van der Waals surface area (Å²) in [6, 6.07) is 9.03. The molecule has 1 aromatic carbocycles. The third-order valence-electron chi connectivity index (χ3n) is 3.49. The van der Waals surface area contributed by atoms with Crippen molar-refractivity contribution in [3.63, 3.8) is 0 Å². The van der Waals surface area contributed by atoms with Gasteiger partial charge in [-0.25, -0.2) is 0 Å². The maximum absolute atomic E-state index is 5.52. The van der Waals surface area contributed by atoms with Crippen molar-refractivity contribution >= 4 is 33.9 Å². The lowest BCUT2D eigenvalue weighted by molar-refractivity contribution is 0.405. The molecule has 114 valence electrons. The summed E-state index contributed by atoms with van der Waals surface area (Å²) in [6.07, 6.45) is 2.10. The van der Waals surface area contributed by atoms with Crippen molar-refractivity contribution in [1.29, 1.82) is 0 Å². The highest BCUT2D eigenvalue weighted by Crippen LogP contribution is 2.29. The predicted molar refractivity (Wildman–Crippen MR) is 99.5 cm³/mol. The first-order chi connectivity index (χ1) is 10.1. The summed E-state index contributed by atoms with van der Waals surface area (Å²) < 4.78 is 6.86. The lowest BCUT2D eigenvalue weighted by atomic mass is 9.99. The van der Waals surface area contributed by atoms with Crippen molar-refractivity contribution in [3.8, 4) is 5.75 Å². The van der Waals surface area contributed by atoms with Gasteiger partial charge in [-0.05, 0) is 77.5 Å². The average molecular weight is 415 g/mol. The van der Waals surface area contributed by atoms with Gasteiger partial charge in [-0.15, -0.1) is 11.3 Å². The van der Waals surface area contributed by atoms with E-state index < -0.39 is 0 Å². The Kier molecular flexibility index (Phi) is 6.51. The van der Waals surface area contributed by atoms with Gasteiger partial charge < -0.3 is 10.1 Å². The Hall–Kier alpha value is -0.590. The van der Waals surface area contributed by atoms with Gasteiger partial charge in [0, 0.05) is 6.04 Å². The first-order valence-corrected chi connectivity index (χ1v) is 9.20. The Balaban J connectivity index is 2.24. The van der Waals surface area contributed by atoms with Gasteiger partial charge in [0.2, 0.25) is 0 Å². The van der Waals surface area contributed by atoms with Gasteiger partial charge in [-0.3, -0.25) is 0 Å². The number of nitrogens with one attached hydrogen (secondary N) is 1. The van der Waals surface area contributed by atoms with E-state index in [1.807, 2.05) is 0 Å². The van der Waals surface area contributed by atoms with E-state index in [2.05, 4.69) is 71.4 Å². The Morgan fingerprint density at radius 2 is 2.14 bits per heavy atom. The zero-order chi connectivity index (χ0) is 15.2. The third kappa shape index (κ3) is 4.69. The van der Waals surface area contributed by atoms with E-state index in [9.17, 15) is 0 Å². The number of methoxy groups -OCH3 is 1. The van der Waals surface area contributed by atoms with Crippen LogP contribution in [0.25, 0.3) is 0 Å². The van der Waals surface area contributed by atoms with Crippen molar-refractivity contribution in [1.82, 2.24) is 5.32 Å². The molecule has 0 saturated heterocycles. The molecule has 1 atom stereocenters. The van der Waals surface area contributed by atoms with E-state index in [1.165, 1.54) is 19.6 Å². The Bertz CT molecular complexity index is 582. The highest BCUT2D eigenvalue weighted by Gasteiger charge is 2.15. The van der Waals surface area contributed by atoms with Gasteiger partial charge in [-0.1, -0.05) is 24.6 Å². The Labute approximate surface area is 145 Å². The van der Waals surface area contributed by atoms with Gasteiger partial charge >= 0.3 is 0 Å². The first-order valence-electron chi connectivity index (χ1n) is 7.25. The Morgan fingerprint density at radius 1 is 1.33 bits per heavy atom. The van der Waals surface area contributed by atoms with Crippen LogP contribution in [0.2, 0.25) is 0 Å². The molecular weight excluding hydrogens is 393 g/mol. The van der Waals surface area contributed by atoms with Gasteiger partial charge in [-0.2, -0.15) is 0 Å². The molecule has 1 unspecified atom stereocenters. The van der Waals surface area contributed by atoms with E-state index in [0.29, 0.717) is 6.04 Å². The molecule has 1 aromatic heterocycles. The fourth-order valence-electron chi connectivity index (χ4n) is 2.42. The molecule has 0 aliphatic heterocycles. The summed E-state index contributed by atoms with van der Waals surface area (Å²) in [7, 11) is 1.75. The van der Waals surface area contributed by atoms with Crippen LogP contribution in [0, 0.1) is 9.81 Å². The number of rotatable bonds is 7. The number of thiophene rings is 1. The third-order valence-corrected chi connectivity index (χ3v) is 5.30. The molecule has 0 amide bonds. The molecule has 4 heteroatoms. The molecular formula is C17H22INOS. The predicted octanol–water partition coefficient (Wildman–Crippen LogP) is 4.95. The lowest BCUT2D eigenvalue weighted by Gasteiger charge is -2.19. The zero-order valence-electron chi connectivity index (χ0n) is 12.8. The smallest absolute Gasteiger partial charge is 0.122 e. The van der Waals surface area contributed by atoms with Crippen molar-refractivity contribution in [3.05, 3.63) is 49.2 Å². The monoisotopic (exact) mass is 415 g/mol. The van der Waals surface area contributed by atoms with Crippen molar-refractivity contribution in [2.45, 2.75) is 32.7 Å². The van der Waals surface area contributed by atoms with E-state index in [1.54, 1.807) is 18.4 Å². The largest absolute Gasteiger partial charge is 0.496 e. The van der Waals surface area contributed by atoms with Crippen molar-refractivity contribution in [2.75, 3.05) is 13.7 Å². The standard InChI is InChI=1S/C17H22INOS/c1-4-7-19-15(14-10-17(18)21-11-14)9-13-8-12(2)5-6-16(13)20-3/h5-6,8,10-11,15,19H,4,7,9H2,1-3H3. The number of hydrogen-bond donors (Lipinski definition) is 1. The minimum atomic E-state index is 0.348. The molecule has 2 aromatic rings. The molecule has 0 aliphatic rings. The van der Waals surface area contributed by atoms with Crippen LogP contribution in [0.1, 0.15) is 36.1 Å². The molecule has 0 bridgehead atoms. The number of aryl methyl sites for hydroxylation is 1. The second-order valence-corrected chi connectivity index (χ2v) is 8.02. The summed E-state index contributed by atoms with van der Waals surface area (Å²) in [6.45, 7) is 5.37. The molecule has 21 heavy (non-hydrogen) atoms. The summed E-state index contributed by atoms with van der Waals surface area (Å²) in [5.41, 5.74) is 3.92. The minimum Gasteiger partial charge on any atom is -0.496 e. The first kappa shape index (κ1) is 16.8. The normalized spacial score (nSPS) is 12.4. The summed E-state index contributed by atoms with van der Waals surface area (Å²) in [5.74, 6) is 0.980. The highest BCUT2D eigenvalue weighted by molar-refractivity contribution is 14.1. The SMILES string of the molecule is CCCNC(Cc1cc(C)ccc1OC)c1csc(I)c1. The molecule has 0 radical (unpaired) electrons. The van der Waals surface area contributed by atoms with Crippen LogP contribution in [0.4, 0.5) is 0 Å². The summed E-state index contributed by atoms with van der Waals surface area (Å²) in [4.78, 5) is 0. The fourth-order valence-corrected chi connectivity index (χ4v) is 3.85. The van der Waals surface area contributed by atoms with Crippen LogP contribution in [0.5, 0.6) is 5.75 Å². The number of benzene rings is 1. The van der Waals surface area contributed by atoms with Crippen LogP contribution >= 0.6 is 33.9 Å². The van der Waals surface area contributed by atoms with Crippen LogP contribution in [-0.4, -0.2) is 13.7 Å². The lowest BCUT2D eigenvalue weighted by Crippen LogP contribution is -2.24. The minimum absolute atomic E-state index is 0.348.